The van der Waals surface area contributed by atoms with Crippen LogP contribution in [0.15, 0.2) is 65.9 Å². The molecular weight excluding hydrogens is 352 g/mol. The fraction of sp³-hybridized carbons (Fsp3) is 0.286. The third-order valence-electron chi connectivity index (χ3n) is 4.27. The maximum Gasteiger partial charge on any atom is 0.191 e. The molecule has 0 aliphatic rings. The van der Waals surface area contributed by atoms with Crippen LogP contribution in [0.2, 0.25) is 0 Å². The summed E-state index contributed by atoms with van der Waals surface area (Å²) in [5.74, 6) is 2.39. The quantitative estimate of drug-likeness (QED) is 0.488. The molecule has 1 heterocycles. The number of rotatable bonds is 7. The van der Waals surface area contributed by atoms with Crippen molar-refractivity contribution in [3.05, 3.63) is 72.3 Å². The Hall–Kier alpha value is -3.35. The lowest BCUT2D eigenvalue weighted by Gasteiger charge is -2.18. The molecule has 0 fully saturated rings. The SMILES string of the molecule is CN=C(NCc1nncn1-c1ccccc1)NCC(C)Oc1ccccc1C. The van der Waals surface area contributed by atoms with Crippen LogP contribution in [0.4, 0.5) is 0 Å². The number of aromatic nitrogens is 3. The molecule has 0 bridgehead atoms. The molecule has 1 aromatic heterocycles. The van der Waals surface area contributed by atoms with E-state index in [1.807, 2.05) is 73.0 Å². The summed E-state index contributed by atoms with van der Waals surface area (Å²) in [5.41, 5.74) is 2.14. The minimum absolute atomic E-state index is 0.00683. The monoisotopic (exact) mass is 378 g/mol. The predicted octanol–water partition coefficient (Wildman–Crippen LogP) is 2.71. The topological polar surface area (TPSA) is 76.4 Å². The van der Waals surface area contributed by atoms with Crippen molar-refractivity contribution in [1.82, 2.24) is 25.4 Å². The summed E-state index contributed by atoms with van der Waals surface area (Å²) in [7, 11) is 1.74. The van der Waals surface area contributed by atoms with Gasteiger partial charge in [-0.1, -0.05) is 36.4 Å². The Balaban J connectivity index is 1.52. The highest BCUT2D eigenvalue weighted by Crippen LogP contribution is 2.17. The Morgan fingerprint density at radius 2 is 1.86 bits per heavy atom. The molecule has 0 aliphatic carbocycles. The fourth-order valence-electron chi connectivity index (χ4n) is 2.75. The van der Waals surface area contributed by atoms with Gasteiger partial charge >= 0.3 is 0 Å². The molecule has 0 radical (unpaired) electrons. The summed E-state index contributed by atoms with van der Waals surface area (Å²) < 4.78 is 7.94. The number of ether oxygens (including phenoxy) is 1. The summed E-state index contributed by atoms with van der Waals surface area (Å²) in [4.78, 5) is 4.27. The van der Waals surface area contributed by atoms with Gasteiger partial charge in [-0.05, 0) is 37.6 Å². The van der Waals surface area contributed by atoms with Crippen LogP contribution in [0.3, 0.4) is 0 Å². The van der Waals surface area contributed by atoms with Gasteiger partial charge in [0.05, 0.1) is 13.1 Å². The van der Waals surface area contributed by atoms with Crippen molar-refractivity contribution in [3.8, 4) is 11.4 Å². The summed E-state index contributed by atoms with van der Waals surface area (Å²) in [5, 5.41) is 14.8. The molecule has 3 aromatic rings. The van der Waals surface area contributed by atoms with E-state index >= 15 is 0 Å². The number of hydrogen-bond donors (Lipinski definition) is 2. The highest BCUT2D eigenvalue weighted by molar-refractivity contribution is 5.79. The molecule has 2 N–H and O–H groups in total. The number of aryl methyl sites for hydroxylation is 1. The number of hydrogen-bond acceptors (Lipinski definition) is 4. The van der Waals surface area contributed by atoms with Gasteiger partial charge in [0, 0.05) is 12.7 Å². The van der Waals surface area contributed by atoms with Gasteiger partial charge in [0.2, 0.25) is 0 Å². The van der Waals surface area contributed by atoms with Crippen LogP contribution >= 0.6 is 0 Å². The van der Waals surface area contributed by atoms with Gasteiger partial charge in [-0.25, -0.2) is 0 Å². The average Bonchev–Trinajstić information content (AvgIpc) is 3.19. The number of benzene rings is 2. The van der Waals surface area contributed by atoms with E-state index in [1.165, 1.54) is 0 Å². The van der Waals surface area contributed by atoms with Crippen molar-refractivity contribution in [2.45, 2.75) is 26.5 Å². The zero-order valence-electron chi connectivity index (χ0n) is 16.5. The standard InChI is InChI=1S/C21H26N6O/c1-16-9-7-8-12-19(16)28-17(2)13-23-21(22-3)24-14-20-26-25-15-27(20)18-10-5-4-6-11-18/h4-12,15,17H,13-14H2,1-3H3,(H2,22,23,24). The molecule has 2 aromatic carbocycles. The first-order chi connectivity index (χ1) is 13.7. The van der Waals surface area contributed by atoms with Crippen molar-refractivity contribution in [3.63, 3.8) is 0 Å². The molecule has 7 heteroatoms. The second-order valence-corrected chi connectivity index (χ2v) is 6.45. The Labute approximate surface area is 165 Å². The van der Waals surface area contributed by atoms with E-state index in [1.54, 1.807) is 13.4 Å². The van der Waals surface area contributed by atoms with Gasteiger partial charge in [0.25, 0.3) is 0 Å². The lowest BCUT2D eigenvalue weighted by molar-refractivity contribution is 0.222. The van der Waals surface area contributed by atoms with Crippen molar-refractivity contribution >= 4 is 5.96 Å². The third kappa shape index (κ3) is 5.09. The molecule has 0 saturated carbocycles. The van der Waals surface area contributed by atoms with Crippen LogP contribution in [0, 0.1) is 6.92 Å². The molecule has 28 heavy (non-hydrogen) atoms. The molecule has 0 aliphatic heterocycles. The van der Waals surface area contributed by atoms with Crippen molar-refractivity contribution in [1.29, 1.82) is 0 Å². The Morgan fingerprint density at radius 3 is 2.61 bits per heavy atom. The largest absolute Gasteiger partial charge is 0.489 e. The summed E-state index contributed by atoms with van der Waals surface area (Å²) >= 11 is 0. The molecule has 0 saturated heterocycles. The van der Waals surface area contributed by atoms with Crippen molar-refractivity contribution in [2.24, 2.45) is 4.99 Å². The van der Waals surface area contributed by atoms with Crippen molar-refractivity contribution in [2.75, 3.05) is 13.6 Å². The first kappa shape index (κ1) is 19.4. The minimum Gasteiger partial charge on any atom is -0.489 e. The van der Waals surface area contributed by atoms with E-state index in [4.69, 9.17) is 4.74 Å². The van der Waals surface area contributed by atoms with Gasteiger partial charge in [-0.15, -0.1) is 10.2 Å². The van der Waals surface area contributed by atoms with Gasteiger partial charge < -0.3 is 15.4 Å². The van der Waals surface area contributed by atoms with Crippen LogP contribution in [0.25, 0.3) is 5.69 Å². The molecule has 1 unspecified atom stereocenters. The van der Waals surface area contributed by atoms with Gasteiger partial charge in [0.1, 0.15) is 18.2 Å². The zero-order chi connectivity index (χ0) is 19.8. The number of guanidine groups is 1. The summed E-state index contributed by atoms with van der Waals surface area (Å²) in [6.07, 6.45) is 1.70. The minimum atomic E-state index is -0.00683. The van der Waals surface area contributed by atoms with E-state index in [9.17, 15) is 0 Å². The second-order valence-electron chi connectivity index (χ2n) is 6.45. The maximum atomic E-state index is 6.00. The molecule has 0 spiro atoms. The smallest absolute Gasteiger partial charge is 0.191 e. The zero-order valence-corrected chi connectivity index (χ0v) is 16.5. The van der Waals surface area contributed by atoms with E-state index in [0.717, 1.165) is 22.8 Å². The number of para-hydroxylation sites is 2. The highest BCUT2D eigenvalue weighted by Gasteiger charge is 2.09. The molecular formula is C21H26N6O. The summed E-state index contributed by atoms with van der Waals surface area (Å²) in [6, 6.07) is 18.0. The summed E-state index contributed by atoms with van der Waals surface area (Å²) in [6.45, 7) is 5.19. The third-order valence-corrected chi connectivity index (χ3v) is 4.27. The van der Waals surface area contributed by atoms with Crippen LogP contribution in [0.1, 0.15) is 18.3 Å². The van der Waals surface area contributed by atoms with E-state index in [0.29, 0.717) is 19.0 Å². The highest BCUT2D eigenvalue weighted by atomic mass is 16.5. The van der Waals surface area contributed by atoms with Gasteiger partial charge in [0.15, 0.2) is 11.8 Å². The van der Waals surface area contributed by atoms with Crippen LogP contribution in [-0.2, 0) is 6.54 Å². The van der Waals surface area contributed by atoms with Crippen LogP contribution in [0.5, 0.6) is 5.75 Å². The van der Waals surface area contributed by atoms with Gasteiger partial charge in [-0.3, -0.25) is 9.56 Å². The van der Waals surface area contributed by atoms with Crippen LogP contribution in [-0.4, -0.2) is 40.4 Å². The maximum absolute atomic E-state index is 6.00. The van der Waals surface area contributed by atoms with Crippen LogP contribution < -0.4 is 15.4 Å². The molecule has 146 valence electrons. The second kappa shape index (κ2) is 9.55. The number of aliphatic imine (C=N–C) groups is 1. The predicted molar refractivity (Wildman–Crippen MR) is 111 cm³/mol. The normalized spacial score (nSPS) is 12.5. The fourth-order valence-corrected chi connectivity index (χ4v) is 2.75. The molecule has 1 atom stereocenters. The first-order valence-electron chi connectivity index (χ1n) is 9.28. The van der Waals surface area contributed by atoms with E-state index in [-0.39, 0.29) is 6.10 Å². The molecule has 3 rings (SSSR count). The molecule has 7 nitrogen and oxygen atoms in total. The average molecular weight is 378 g/mol. The number of nitrogens with zero attached hydrogens (tertiary/aromatic N) is 4. The lowest BCUT2D eigenvalue weighted by Crippen LogP contribution is -2.41. The lowest BCUT2D eigenvalue weighted by atomic mass is 10.2. The Morgan fingerprint density at radius 1 is 1.11 bits per heavy atom. The Bertz CT molecular complexity index is 906. The Kier molecular flexibility index (Phi) is 6.62. The number of nitrogens with one attached hydrogen (secondary N) is 2. The first-order valence-corrected chi connectivity index (χ1v) is 9.28. The van der Waals surface area contributed by atoms with Gasteiger partial charge in [-0.2, -0.15) is 0 Å². The molecule has 0 amide bonds. The van der Waals surface area contributed by atoms with E-state index < -0.39 is 0 Å². The van der Waals surface area contributed by atoms with Crippen molar-refractivity contribution < 1.29 is 4.74 Å². The van der Waals surface area contributed by atoms with E-state index in [2.05, 4.69) is 25.8 Å².